The summed E-state index contributed by atoms with van der Waals surface area (Å²) in [5.41, 5.74) is 1.07. The molecule has 5 heteroatoms. The second-order valence-corrected chi connectivity index (χ2v) is 7.29. The number of aromatic nitrogens is 2. The van der Waals surface area contributed by atoms with Crippen LogP contribution in [0.5, 0.6) is 0 Å². The van der Waals surface area contributed by atoms with Crippen LogP contribution in [0.2, 0.25) is 0 Å². The zero-order chi connectivity index (χ0) is 16.6. The van der Waals surface area contributed by atoms with Crippen molar-refractivity contribution in [1.82, 2.24) is 9.55 Å². The van der Waals surface area contributed by atoms with Gasteiger partial charge < -0.3 is 14.0 Å². The minimum absolute atomic E-state index is 0. The fourth-order valence-electron chi connectivity index (χ4n) is 3.10. The maximum atomic E-state index is 6.32. The number of imidazole rings is 1. The molecule has 1 saturated heterocycles. The van der Waals surface area contributed by atoms with Gasteiger partial charge in [-0.15, -0.1) is 12.4 Å². The fraction of sp³-hybridized carbons (Fsp3) is 0.350. The highest BCUT2D eigenvalue weighted by atomic mass is 35.5. The summed E-state index contributed by atoms with van der Waals surface area (Å²) < 4.78 is 14.6. The molecule has 0 spiro atoms. The van der Waals surface area contributed by atoms with Gasteiger partial charge in [0, 0.05) is 23.4 Å². The molecule has 0 atom stereocenters. The van der Waals surface area contributed by atoms with E-state index in [1.54, 1.807) is 12.5 Å². The normalized spacial score (nSPS) is 18.6. The highest BCUT2D eigenvalue weighted by molar-refractivity contribution is 5.85. The lowest BCUT2D eigenvalue weighted by atomic mass is 9.92. The molecule has 2 heterocycles. The van der Waals surface area contributed by atoms with Crippen molar-refractivity contribution in [3.8, 4) is 0 Å². The summed E-state index contributed by atoms with van der Waals surface area (Å²) in [7, 11) is 0. The Morgan fingerprint density at radius 3 is 2.44 bits per heavy atom. The minimum atomic E-state index is -0.778. The number of benzene rings is 2. The summed E-state index contributed by atoms with van der Waals surface area (Å²) in [6.45, 7) is 6.23. The van der Waals surface area contributed by atoms with E-state index in [4.69, 9.17) is 9.47 Å². The minimum Gasteiger partial charge on any atom is -0.344 e. The van der Waals surface area contributed by atoms with Crippen molar-refractivity contribution in [2.24, 2.45) is 5.41 Å². The topological polar surface area (TPSA) is 36.3 Å². The van der Waals surface area contributed by atoms with Crippen molar-refractivity contribution in [3.05, 3.63) is 66.7 Å². The van der Waals surface area contributed by atoms with Gasteiger partial charge in [0.15, 0.2) is 0 Å². The molecule has 3 aromatic rings. The highest BCUT2D eigenvalue weighted by Crippen LogP contribution is 2.38. The van der Waals surface area contributed by atoms with Crippen LogP contribution in [0.3, 0.4) is 0 Å². The summed E-state index contributed by atoms with van der Waals surface area (Å²) in [6.07, 6.45) is 5.52. The van der Waals surface area contributed by atoms with E-state index >= 15 is 0 Å². The second-order valence-electron chi connectivity index (χ2n) is 7.29. The van der Waals surface area contributed by atoms with E-state index < -0.39 is 5.79 Å². The van der Waals surface area contributed by atoms with Crippen LogP contribution in [0, 0.1) is 5.41 Å². The Hall–Kier alpha value is -1.88. The lowest BCUT2D eigenvalue weighted by molar-refractivity contribution is -0.314. The number of hydrogen-bond donors (Lipinski definition) is 0. The van der Waals surface area contributed by atoms with Crippen molar-refractivity contribution in [3.63, 3.8) is 0 Å². The first-order valence-corrected chi connectivity index (χ1v) is 8.29. The van der Waals surface area contributed by atoms with E-state index in [1.807, 2.05) is 10.8 Å². The first-order chi connectivity index (χ1) is 11.6. The third-order valence-corrected chi connectivity index (χ3v) is 4.53. The summed E-state index contributed by atoms with van der Waals surface area (Å²) in [6, 6.07) is 14.8. The molecule has 0 unspecified atom stereocenters. The average molecular weight is 359 g/mol. The van der Waals surface area contributed by atoms with E-state index in [0.717, 1.165) is 5.56 Å². The second kappa shape index (κ2) is 6.79. The summed E-state index contributed by atoms with van der Waals surface area (Å²) in [5, 5.41) is 2.41. The molecule has 0 bridgehead atoms. The molecule has 4 rings (SSSR count). The zero-order valence-electron chi connectivity index (χ0n) is 14.5. The molecule has 25 heavy (non-hydrogen) atoms. The third kappa shape index (κ3) is 3.56. The Labute approximate surface area is 154 Å². The van der Waals surface area contributed by atoms with Crippen molar-refractivity contribution >= 4 is 23.2 Å². The first-order valence-electron chi connectivity index (χ1n) is 8.29. The molecule has 1 aliphatic heterocycles. The van der Waals surface area contributed by atoms with Gasteiger partial charge in [0.1, 0.15) is 0 Å². The molecule has 1 aromatic heterocycles. The molecule has 0 saturated carbocycles. The van der Waals surface area contributed by atoms with Crippen molar-refractivity contribution in [2.45, 2.75) is 26.2 Å². The van der Waals surface area contributed by atoms with E-state index in [-0.39, 0.29) is 17.8 Å². The highest BCUT2D eigenvalue weighted by Gasteiger charge is 2.42. The summed E-state index contributed by atoms with van der Waals surface area (Å²) >= 11 is 0. The smallest absolute Gasteiger partial charge is 0.213 e. The summed E-state index contributed by atoms with van der Waals surface area (Å²) in [4.78, 5) is 4.14. The molecule has 0 radical (unpaired) electrons. The Morgan fingerprint density at radius 2 is 1.76 bits per heavy atom. The molecular formula is C20H23ClN2O2. The number of ether oxygens (including phenoxy) is 2. The van der Waals surface area contributed by atoms with Crippen LogP contribution in [0.4, 0.5) is 0 Å². The summed E-state index contributed by atoms with van der Waals surface area (Å²) in [5.74, 6) is -0.778. The molecule has 0 amide bonds. The van der Waals surface area contributed by atoms with Gasteiger partial charge in [0.2, 0.25) is 5.79 Å². The molecule has 0 aliphatic carbocycles. The number of nitrogens with zero attached hydrogens (tertiary/aromatic N) is 2. The number of halogens is 1. The van der Waals surface area contributed by atoms with Gasteiger partial charge in [-0.3, -0.25) is 0 Å². The van der Waals surface area contributed by atoms with Crippen LogP contribution >= 0.6 is 12.4 Å². The van der Waals surface area contributed by atoms with E-state index in [0.29, 0.717) is 19.8 Å². The van der Waals surface area contributed by atoms with Gasteiger partial charge in [0.25, 0.3) is 0 Å². The van der Waals surface area contributed by atoms with Crippen LogP contribution < -0.4 is 0 Å². The van der Waals surface area contributed by atoms with Crippen molar-refractivity contribution in [1.29, 1.82) is 0 Å². The van der Waals surface area contributed by atoms with E-state index in [9.17, 15) is 0 Å². The monoisotopic (exact) mass is 358 g/mol. The molecule has 1 aliphatic rings. The van der Waals surface area contributed by atoms with Crippen LogP contribution in [0.15, 0.2) is 61.2 Å². The maximum Gasteiger partial charge on any atom is 0.213 e. The van der Waals surface area contributed by atoms with Crippen molar-refractivity contribution < 1.29 is 9.47 Å². The van der Waals surface area contributed by atoms with Gasteiger partial charge in [-0.1, -0.05) is 50.2 Å². The number of hydrogen-bond acceptors (Lipinski definition) is 3. The van der Waals surface area contributed by atoms with Crippen LogP contribution in [-0.4, -0.2) is 22.8 Å². The molecule has 132 valence electrons. The van der Waals surface area contributed by atoms with Crippen LogP contribution in [-0.2, 0) is 21.8 Å². The standard InChI is InChI=1S/C20H22N2O2.ClH/c1-19(2)13-23-20(24-14-19,12-22-10-9-21-15-22)18-8-7-16-5-3-4-6-17(16)11-18;/h3-11,15H,12-14H2,1-2H3;1H. The predicted octanol–water partition coefficient (Wildman–Crippen LogP) is 4.38. The fourth-order valence-corrected chi connectivity index (χ4v) is 3.10. The lowest BCUT2D eigenvalue weighted by Crippen LogP contribution is -2.47. The molecule has 1 fully saturated rings. The Bertz CT molecular complexity index is 836. The molecular weight excluding hydrogens is 336 g/mol. The molecule has 0 N–H and O–H groups in total. The van der Waals surface area contributed by atoms with Gasteiger partial charge in [0.05, 0.1) is 26.1 Å². The first kappa shape index (κ1) is 17.9. The van der Waals surface area contributed by atoms with Gasteiger partial charge >= 0.3 is 0 Å². The maximum absolute atomic E-state index is 6.32. The Morgan fingerprint density at radius 1 is 1.04 bits per heavy atom. The largest absolute Gasteiger partial charge is 0.344 e. The molecule has 4 nitrogen and oxygen atoms in total. The predicted molar refractivity (Wildman–Crippen MR) is 101 cm³/mol. The van der Waals surface area contributed by atoms with E-state index in [2.05, 4.69) is 61.3 Å². The Kier molecular flexibility index (Phi) is 4.87. The third-order valence-electron chi connectivity index (χ3n) is 4.53. The number of rotatable bonds is 3. The zero-order valence-corrected chi connectivity index (χ0v) is 15.3. The van der Waals surface area contributed by atoms with Gasteiger partial charge in [-0.25, -0.2) is 4.98 Å². The molecule has 2 aromatic carbocycles. The van der Waals surface area contributed by atoms with E-state index in [1.165, 1.54) is 10.8 Å². The van der Waals surface area contributed by atoms with Crippen molar-refractivity contribution in [2.75, 3.05) is 13.2 Å². The average Bonchev–Trinajstić information content (AvgIpc) is 3.09. The van der Waals surface area contributed by atoms with Gasteiger partial charge in [-0.2, -0.15) is 0 Å². The quantitative estimate of drug-likeness (QED) is 0.697. The van der Waals surface area contributed by atoms with Crippen LogP contribution in [0.25, 0.3) is 10.8 Å². The lowest BCUT2D eigenvalue weighted by Gasteiger charge is -2.43. The Balaban J connectivity index is 0.00000182. The van der Waals surface area contributed by atoms with Gasteiger partial charge in [-0.05, 0) is 16.8 Å². The SMILES string of the molecule is CC1(C)COC(Cn2ccnc2)(c2ccc3ccccc3c2)OC1.Cl. The number of fused-ring (bicyclic) bond motifs is 1. The van der Waals surface area contributed by atoms with Crippen LogP contribution in [0.1, 0.15) is 19.4 Å².